The van der Waals surface area contributed by atoms with Gasteiger partial charge in [0.1, 0.15) is 6.42 Å². The van der Waals surface area contributed by atoms with Gasteiger partial charge in [-0.05, 0) is 12.7 Å². The zero-order valence-electron chi connectivity index (χ0n) is 7.80. The van der Waals surface area contributed by atoms with Crippen molar-refractivity contribution in [1.29, 1.82) is 0 Å². The minimum absolute atomic E-state index is 0.298. The van der Waals surface area contributed by atoms with E-state index in [9.17, 15) is 18.0 Å². The summed E-state index contributed by atoms with van der Waals surface area (Å²) < 4.78 is 35.7. The van der Waals surface area contributed by atoms with E-state index >= 15 is 0 Å². The second-order valence-electron chi connectivity index (χ2n) is 3.28. The molecular weight excluding hydrogens is 215 g/mol. The van der Waals surface area contributed by atoms with E-state index in [1.807, 2.05) is 6.26 Å². The molecule has 1 amide bonds. The summed E-state index contributed by atoms with van der Waals surface area (Å²) in [6.07, 6.45) is -3.00. The number of hydrogen-bond acceptors (Lipinski definition) is 2. The molecule has 1 aliphatic rings. The van der Waals surface area contributed by atoms with Gasteiger partial charge in [0.15, 0.2) is 0 Å². The van der Waals surface area contributed by atoms with Crippen molar-refractivity contribution in [1.82, 2.24) is 4.90 Å². The van der Waals surface area contributed by atoms with Gasteiger partial charge in [-0.2, -0.15) is 24.9 Å². The molecule has 1 saturated heterocycles. The lowest BCUT2D eigenvalue weighted by Crippen LogP contribution is -2.32. The highest BCUT2D eigenvalue weighted by molar-refractivity contribution is 7.99. The highest BCUT2D eigenvalue weighted by Crippen LogP contribution is 2.25. The second kappa shape index (κ2) is 4.42. The predicted octanol–water partition coefficient (Wildman–Crippen LogP) is 1.90. The van der Waals surface area contributed by atoms with Crippen LogP contribution in [0.2, 0.25) is 0 Å². The number of carbonyl (C=O) groups excluding carboxylic acids is 1. The molecule has 2 nitrogen and oxygen atoms in total. The minimum atomic E-state index is -4.38. The Balaban J connectivity index is 2.40. The quantitative estimate of drug-likeness (QED) is 0.718. The summed E-state index contributed by atoms with van der Waals surface area (Å²) in [6.45, 7) is 0.913. The lowest BCUT2D eigenvalue weighted by Gasteiger charge is -2.16. The molecule has 14 heavy (non-hydrogen) atoms. The Kier molecular flexibility index (Phi) is 3.69. The first-order valence-corrected chi connectivity index (χ1v) is 5.58. The first kappa shape index (κ1) is 11.7. The van der Waals surface area contributed by atoms with E-state index in [0.29, 0.717) is 18.3 Å². The topological polar surface area (TPSA) is 20.3 Å². The van der Waals surface area contributed by atoms with Crippen LogP contribution in [0.15, 0.2) is 0 Å². The van der Waals surface area contributed by atoms with Gasteiger partial charge in [0.25, 0.3) is 0 Å². The van der Waals surface area contributed by atoms with E-state index in [1.54, 1.807) is 11.8 Å². The molecule has 1 rings (SSSR count). The fourth-order valence-electron chi connectivity index (χ4n) is 1.43. The van der Waals surface area contributed by atoms with Crippen molar-refractivity contribution in [2.45, 2.75) is 24.3 Å². The van der Waals surface area contributed by atoms with Gasteiger partial charge in [0.05, 0.1) is 0 Å². The zero-order valence-corrected chi connectivity index (χ0v) is 8.62. The monoisotopic (exact) mass is 227 g/mol. The molecule has 0 aromatic rings. The average molecular weight is 227 g/mol. The van der Waals surface area contributed by atoms with E-state index in [-0.39, 0.29) is 0 Å². The van der Waals surface area contributed by atoms with E-state index in [0.717, 1.165) is 6.42 Å². The number of carbonyl (C=O) groups is 1. The van der Waals surface area contributed by atoms with Gasteiger partial charge in [0.2, 0.25) is 5.91 Å². The molecular formula is C8H12F3NOS. The molecule has 6 heteroatoms. The maximum absolute atomic E-state index is 11.9. The number of nitrogens with zero attached hydrogens (tertiary/aromatic N) is 1. The molecule has 0 aromatic heterocycles. The van der Waals surface area contributed by atoms with Gasteiger partial charge in [-0.1, -0.05) is 0 Å². The van der Waals surface area contributed by atoms with Crippen LogP contribution in [-0.4, -0.2) is 41.6 Å². The normalized spacial score (nSPS) is 22.9. The number of halogens is 3. The smallest absolute Gasteiger partial charge is 0.341 e. The van der Waals surface area contributed by atoms with Crippen LogP contribution in [0.1, 0.15) is 12.8 Å². The van der Waals surface area contributed by atoms with Crippen LogP contribution in [0.5, 0.6) is 0 Å². The number of amides is 1. The fourth-order valence-corrected chi connectivity index (χ4v) is 2.10. The molecule has 0 bridgehead atoms. The molecule has 0 spiro atoms. The number of hydrogen-bond donors (Lipinski definition) is 0. The molecule has 1 aliphatic heterocycles. The van der Waals surface area contributed by atoms with Crippen molar-refractivity contribution in [3.05, 3.63) is 0 Å². The molecule has 0 saturated carbocycles. The van der Waals surface area contributed by atoms with Gasteiger partial charge in [-0.25, -0.2) is 0 Å². The predicted molar refractivity (Wildman–Crippen MR) is 49.2 cm³/mol. The zero-order chi connectivity index (χ0) is 10.8. The summed E-state index contributed by atoms with van der Waals surface area (Å²) in [5.41, 5.74) is 0. The summed E-state index contributed by atoms with van der Waals surface area (Å²) in [5.74, 6) is -0.797. The number of likely N-dealkylation sites (tertiary alicyclic amines) is 1. The van der Waals surface area contributed by atoms with Crippen molar-refractivity contribution in [3.63, 3.8) is 0 Å². The molecule has 82 valence electrons. The van der Waals surface area contributed by atoms with Crippen molar-refractivity contribution >= 4 is 17.7 Å². The molecule has 0 N–H and O–H groups in total. The molecule has 0 aliphatic carbocycles. The van der Waals surface area contributed by atoms with E-state index < -0.39 is 18.5 Å². The van der Waals surface area contributed by atoms with E-state index in [4.69, 9.17) is 0 Å². The highest BCUT2D eigenvalue weighted by atomic mass is 32.2. The fraction of sp³-hybridized carbons (Fsp3) is 0.875. The van der Waals surface area contributed by atoms with Crippen molar-refractivity contribution in [2.24, 2.45) is 0 Å². The van der Waals surface area contributed by atoms with Gasteiger partial charge < -0.3 is 4.90 Å². The van der Waals surface area contributed by atoms with Crippen LogP contribution in [0, 0.1) is 0 Å². The Morgan fingerprint density at radius 3 is 2.64 bits per heavy atom. The first-order chi connectivity index (χ1) is 6.42. The van der Waals surface area contributed by atoms with Crippen LogP contribution in [-0.2, 0) is 4.79 Å². The number of alkyl halides is 3. The summed E-state index contributed by atoms with van der Waals surface area (Å²) in [5, 5.41) is 0.298. The van der Waals surface area contributed by atoms with Gasteiger partial charge >= 0.3 is 6.18 Å². The largest absolute Gasteiger partial charge is 0.397 e. The Morgan fingerprint density at radius 1 is 1.57 bits per heavy atom. The van der Waals surface area contributed by atoms with Crippen molar-refractivity contribution in [3.8, 4) is 0 Å². The number of rotatable bonds is 2. The lowest BCUT2D eigenvalue weighted by atomic mass is 10.3. The highest BCUT2D eigenvalue weighted by Gasteiger charge is 2.35. The van der Waals surface area contributed by atoms with Gasteiger partial charge in [-0.3, -0.25) is 4.79 Å². The van der Waals surface area contributed by atoms with Crippen molar-refractivity contribution in [2.75, 3.05) is 19.3 Å². The molecule has 1 fully saturated rings. The minimum Gasteiger partial charge on any atom is -0.341 e. The lowest BCUT2D eigenvalue weighted by molar-refractivity contribution is -0.160. The Bertz CT molecular complexity index is 219. The number of thioether (sulfide) groups is 1. The Labute approximate surface area is 84.8 Å². The maximum atomic E-state index is 11.9. The third kappa shape index (κ3) is 3.40. The van der Waals surface area contributed by atoms with Crippen LogP contribution in [0.4, 0.5) is 13.2 Å². The summed E-state index contributed by atoms with van der Waals surface area (Å²) >= 11 is 1.60. The SMILES string of the molecule is CSC1CCN(C(=O)CC(F)(F)F)C1. The van der Waals surface area contributed by atoms with Gasteiger partial charge in [-0.15, -0.1) is 0 Å². The third-order valence-corrected chi connectivity index (χ3v) is 3.23. The summed E-state index contributed by atoms with van der Waals surface area (Å²) in [7, 11) is 0. The van der Waals surface area contributed by atoms with Crippen LogP contribution in [0.3, 0.4) is 0 Å². The summed E-state index contributed by atoms with van der Waals surface area (Å²) in [6, 6.07) is 0. The molecule has 1 heterocycles. The third-order valence-electron chi connectivity index (χ3n) is 2.18. The Hall–Kier alpha value is -0.390. The molecule has 1 atom stereocenters. The second-order valence-corrected chi connectivity index (χ2v) is 4.42. The first-order valence-electron chi connectivity index (χ1n) is 4.29. The van der Waals surface area contributed by atoms with Crippen LogP contribution in [0.25, 0.3) is 0 Å². The molecule has 0 aromatic carbocycles. The van der Waals surface area contributed by atoms with Crippen LogP contribution < -0.4 is 0 Å². The van der Waals surface area contributed by atoms with Crippen LogP contribution >= 0.6 is 11.8 Å². The molecule has 1 unspecified atom stereocenters. The standard InChI is InChI=1S/C8H12F3NOS/c1-14-6-2-3-12(5-6)7(13)4-8(9,10)11/h6H,2-5H2,1H3. The van der Waals surface area contributed by atoms with E-state index in [1.165, 1.54) is 4.90 Å². The van der Waals surface area contributed by atoms with Gasteiger partial charge in [0, 0.05) is 18.3 Å². The maximum Gasteiger partial charge on any atom is 0.397 e. The van der Waals surface area contributed by atoms with E-state index in [2.05, 4.69) is 0 Å². The van der Waals surface area contributed by atoms with Crippen molar-refractivity contribution < 1.29 is 18.0 Å². The average Bonchev–Trinajstić information content (AvgIpc) is 2.48. The Morgan fingerprint density at radius 2 is 2.21 bits per heavy atom. The molecule has 0 radical (unpaired) electrons. The summed E-state index contributed by atoms with van der Waals surface area (Å²) in [4.78, 5) is 12.4.